The summed E-state index contributed by atoms with van der Waals surface area (Å²) in [6, 6.07) is 12.9. The van der Waals surface area contributed by atoms with E-state index in [1.165, 1.54) is 12.1 Å². The van der Waals surface area contributed by atoms with Gasteiger partial charge < -0.3 is 15.6 Å². The number of ether oxygens (including phenoxy) is 1. The lowest BCUT2D eigenvalue weighted by Gasteiger charge is -2.17. The van der Waals surface area contributed by atoms with Crippen LogP contribution in [0, 0.1) is 5.82 Å². The summed E-state index contributed by atoms with van der Waals surface area (Å²) in [5, 5.41) is 9.78. The molecule has 0 bridgehead atoms. The van der Waals surface area contributed by atoms with E-state index in [1.54, 1.807) is 24.3 Å². The predicted octanol–water partition coefficient (Wildman–Crippen LogP) is 2.65. The van der Waals surface area contributed by atoms with Gasteiger partial charge >= 0.3 is 0 Å². The van der Waals surface area contributed by atoms with E-state index in [0.29, 0.717) is 12.3 Å². The van der Waals surface area contributed by atoms with E-state index < -0.39 is 0 Å². The molecule has 1 atom stereocenters. The van der Waals surface area contributed by atoms with Crippen LogP contribution in [0.4, 0.5) is 4.39 Å². The first kappa shape index (κ1) is 13.4. The first-order chi connectivity index (χ1) is 9.20. The van der Waals surface area contributed by atoms with Crippen molar-refractivity contribution < 1.29 is 14.2 Å². The van der Waals surface area contributed by atoms with Crippen molar-refractivity contribution >= 4 is 0 Å². The second kappa shape index (κ2) is 6.20. The molecule has 3 nitrogen and oxygen atoms in total. The standard InChI is InChI=1S/C15H16FNO2/c16-12-4-3-5-13(8-12)19-10-11(9-17)14-6-1-2-7-15(14)18/h1-8,11,18H,9-10,17H2. The zero-order valence-corrected chi connectivity index (χ0v) is 10.4. The van der Waals surface area contributed by atoms with Crippen LogP contribution in [0.2, 0.25) is 0 Å². The molecule has 2 rings (SSSR count). The second-order valence-electron chi connectivity index (χ2n) is 4.26. The van der Waals surface area contributed by atoms with Gasteiger partial charge in [0.15, 0.2) is 0 Å². The third-order valence-electron chi connectivity index (χ3n) is 2.91. The van der Waals surface area contributed by atoms with Crippen molar-refractivity contribution in [1.82, 2.24) is 0 Å². The number of rotatable bonds is 5. The van der Waals surface area contributed by atoms with Crippen LogP contribution in [0.25, 0.3) is 0 Å². The van der Waals surface area contributed by atoms with Crippen LogP contribution in [-0.4, -0.2) is 18.3 Å². The monoisotopic (exact) mass is 261 g/mol. The van der Waals surface area contributed by atoms with Gasteiger partial charge in [-0.1, -0.05) is 24.3 Å². The van der Waals surface area contributed by atoms with Gasteiger partial charge in [0.2, 0.25) is 0 Å². The minimum Gasteiger partial charge on any atom is -0.508 e. The van der Waals surface area contributed by atoms with Crippen molar-refractivity contribution in [2.24, 2.45) is 5.73 Å². The van der Waals surface area contributed by atoms with Crippen molar-refractivity contribution in [2.45, 2.75) is 5.92 Å². The van der Waals surface area contributed by atoms with Crippen molar-refractivity contribution in [1.29, 1.82) is 0 Å². The Morgan fingerprint density at radius 1 is 1.16 bits per heavy atom. The Balaban J connectivity index is 2.06. The lowest BCUT2D eigenvalue weighted by atomic mass is 9.99. The maximum atomic E-state index is 13.0. The van der Waals surface area contributed by atoms with Gasteiger partial charge in [-0.2, -0.15) is 0 Å². The van der Waals surface area contributed by atoms with Gasteiger partial charge in [-0.15, -0.1) is 0 Å². The quantitative estimate of drug-likeness (QED) is 0.870. The van der Waals surface area contributed by atoms with E-state index in [-0.39, 0.29) is 24.1 Å². The molecule has 4 heteroatoms. The summed E-state index contributed by atoms with van der Waals surface area (Å²) >= 11 is 0. The molecule has 2 aromatic rings. The second-order valence-corrected chi connectivity index (χ2v) is 4.26. The maximum absolute atomic E-state index is 13.0. The number of nitrogens with two attached hydrogens (primary N) is 1. The molecule has 0 saturated carbocycles. The molecule has 0 aliphatic carbocycles. The van der Waals surface area contributed by atoms with E-state index in [1.807, 2.05) is 12.1 Å². The fourth-order valence-corrected chi connectivity index (χ4v) is 1.87. The minimum atomic E-state index is -0.343. The Morgan fingerprint density at radius 3 is 2.63 bits per heavy atom. The summed E-state index contributed by atoms with van der Waals surface area (Å²) < 4.78 is 18.5. The Hall–Kier alpha value is -2.07. The van der Waals surface area contributed by atoms with Crippen LogP contribution in [0.5, 0.6) is 11.5 Å². The third-order valence-corrected chi connectivity index (χ3v) is 2.91. The smallest absolute Gasteiger partial charge is 0.126 e. The van der Waals surface area contributed by atoms with Gasteiger partial charge in [-0.3, -0.25) is 0 Å². The van der Waals surface area contributed by atoms with E-state index in [9.17, 15) is 9.50 Å². The lowest BCUT2D eigenvalue weighted by Crippen LogP contribution is -2.19. The first-order valence-electron chi connectivity index (χ1n) is 6.07. The Morgan fingerprint density at radius 2 is 1.95 bits per heavy atom. The number of halogens is 1. The molecular formula is C15H16FNO2. The number of para-hydroxylation sites is 1. The van der Waals surface area contributed by atoms with E-state index >= 15 is 0 Å². The highest BCUT2D eigenvalue weighted by atomic mass is 19.1. The number of benzene rings is 2. The molecule has 0 spiro atoms. The molecule has 0 fully saturated rings. The van der Waals surface area contributed by atoms with Gasteiger partial charge in [0.25, 0.3) is 0 Å². The predicted molar refractivity (Wildman–Crippen MR) is 71.8 cm³/mol. The molecule has 0 aliphatic rings. The van der Waals surface area contributed by atoms with Crippen molar-refractivity contribution in [3.63, 3.8) is 0 Å². The van der Waals surface area contributed by atoms with Crippen LogP contribution >= 0.6 is 0 Å². The van der Waals surface area contributed by atoms with Gasteiger partial charge in [-0.25, -0.2) is 4.39 Å². The van der Waals surface area contributed by atoms with Crippen LogP contribution in [0.1, 0.15) is 11.5 Å². The first-order valence-corrected chi connectivity index (χ1v) is 6.07. The molecule has 0 radical (unpaired) electrons. The largest absolute Gasteiger partial charge is 0.508 e. The summed E-state index contributed by atoms with van der Waals surface area (Å²) in [7, 11) is 0. The van der Waals surface area contributed by atoms with Crippen molar-refractivity contribution in [3.05, 3.63) is 59.9 Å². The number of hydrogen-bond acceptors (Lipinski definition) is 3. The molecule has 3 N–H and O–H groups in total. The van der Waals surface area contributed by atoms with Crippen LogP contribution in [0.3, 0.4) is 0 Å². The Kier molecular flexibility index (Phi) is 4.36. The highest BCUT2D eigenvalue weighted by Gasteiger charge is 2.14. The van der Waals surface area contributed by atoms with Gasteiger partial charge in [0.1, 0.15) is 17.3 Å². The zero-order valence-electron chi connectivity index (χ0n) is 10.4. The summed E-state index contributed by atoms with van der Waals surface area (Å²) in [6.07, 6.45) is 0. The fraction of sp³-hybridized carbons (Fsp3) is 0.200. The summed E-state index contributed by atoms with van der Waals surface area (Å²) in [6.45, 7) is 0.629. The van der Waals surface area contributed by atoms with Crippen molar-refractivity contribution in [3.8, 4) is 11.5 Å². The van der Waals surface area contributed by atoms with Crippen LogP contribution in [-0.2, 0) is 0 Å². The van der Waals surface area contributed by atoms with Gasteiger partial charge in [-0.05, 0) is 18.2 Å². The van der Waals surface area contributed by atoms with E-state index in [2.05, 4.69) is 0 Å². The summed E-state index contributed by atoms with van der Waals surface area (Å²) in [5.74, 6) is 0.170. The highest BCUT2D eigenvalue weighted by molar-refractivity contribution is 5.35. The normalized spacial score (nSPS) is 12.1. The van der Waals surface area contributed by atoms with E-state index in [0.717, 1.165) is 5.56 Å². The summed E-state index contributed by atoms with van der Waals surface area (Å²) in [4.78, 5) is 0. The van der Waals surface area contributed by atoms with Gasteiger partial charge in [0, 0.05) is 24.1 Å². The molecule has 0 aliphatic heterocycles. The Labute approximate surface area is 111 Å². The highest BCUT2D eigenvalue weighted by Crippen LogP contribution is 2.25. The topological polar surface area (TPSA) is 55.5 Å². The number of phenols is 1. The lowest BCUT2D eigenvalue weighted by molar-refractivity contribution is 0.286. The maximum Gasteiger partial charge on any atom is 0.126 e. The molecule has 19 heavy (non-hydrogen) atoms. The zero-order chi connectivity index (χ0) is 13.7. The van der Waals surface area contributed by atoms with Crippen molar-refractivity contribution in [2.75, 3.05) is 13.2 Å². The molecule has 0 heterocycles. The molecular weight excluding hydrogens is 245 g/mol. The summed E-state index contributed by atoms with van der Waals surface area (Å²) in [5.41, 5.74) is 6.44. The minimum absolute atomic E-state index is 0.135. The molecule has 100 valence electrons. The average Bonchev–Trinajstić information content (AvgIpc) is 2.41. The number of phenolic OH excluding ortho intramolecular Hbond substituents is 1. The SMILES string of the molecule is NCC(COc1cccc(F)c1)c1ccccc1O. The fourth-order valence-electron chi connectivity index (χ4n) is 1.87. The van der Waals surface area contributed by atoms with Crippen LogP contribution in [0.15, 0.2) is 48.5 Å². The van der Waals surface area contributed by atoms with E-state index in [4.69, 9.17) is 10.5 Å². The molecule has 2 aromatic carbocycles. The molecule has 0 amide bonds. The third kappa shape index (κ3) is 3.45. The molecule has 1 unspecified atom stereocenters. The Bertz CT molecular complexity index is 545. The van der Waals surface area contributed by atoms with Crippen LogP contribution < -0.4 is 10.5 Å². The number of aromatic hydroxyl groups is 1. The molecule has 0 aromatic heterocycles. The molecule has 0 saturated heterocycles. The average molecular weight is 261 g/mol. The number of hydrogen-bond donors (Lipinski definition) is 2. The van der Waals surface area contributed by atoms with Gasteiger partial charge in [0.05, 0.1) is 6.61 Å².